The van der Waals surface area contributed by atoms with Crippen LogP contribution in [0.15, 0.2) is 46.3 Å². The molecule has 1 N–H and O–H groups in total. The Morgan fingerprint density at radius 1 is 1.31 bits per heavy atom. The summed E-state index contributed by atoms with van der Waals surface area (Å²) < 4.78 is 1.51. The van der Waals surface area contributed by atoms with E-state index in [1.54, 1.807) is 39.4 Å². The normalized spacial score (nSPS) is 20.5. The van der Waals surface area contributed by atoms with Crippen molar-refractivity contribution in [1.82, 2.24) is 10.2 Å². The third-order valence-electron chi connectivity index (χ3n) is 4.52. The maximum Gasteiger partial charge on any atom is 0.287 e. The molecule has 150 valence electrons. The minimum absolute atomic E-state index is 0.0580. The molecule has 4 heterocycles. The van der Waals surface area contributed by atoms with Gasteiger partial charge in [-0.2, -0.15) is 4.57 Å². The predicted molar refractivity (Wildman–Crippen MR) is 106 cm³/mol. The van der Waals surface area contributed by atoms with Gasteiger partial charge < -0.3 is 20.1 Å². The summed E-state index contributed by atoms with van der Waals surface area (Å²) >= 11 is 3.62. The molecular weight excluding hydrogens is 434 g/mol. The zero-order valence-corrected chi connectivity index (χ0v) is 17.4. The fourth-order valence-electron chi connectivity index (χ4n) is 3.19. The van der Waals surface area contributed by atoms with Gasteiger partial charge in [0.05, 0.1) is 6.42 Å². The maximum atomic E-state index is 12.5. The molecule has 2 aliphatic rings. The summed E-state index contributed by atoms with van der Waals surface area (Å²) in [6.07, 6.45) is 3.47. The van der Waals surface area contributed by atoms with Crippen molar-refractivity contribution < 1.29 is 24.1 Å². The molecule has 0 radical (unpaired) electrons. The van der Waals surface area contributed by atoms with Gasteiger partial charge in [-0.3, -0.25) is 14.4 Å². The molecule has 1 saturated heterocycles. The highest BCUT2D eigenvalue weighted by Gasteiger charge is 2.49. The van der Waals surface area contributed by atoms with Crippen LogP contribution >= 0.6 is 34.4 Å². The monoisotopic (exact) mass is 449 g/mol. The molecule has 11 heteroatoms. The highest BCUT2D eigenvalue weighted by molar-refractivity contribution is 8.00. The van der Waals surface area contributed by atoms with E-state index in [9.17, 15) is 24.3 Å². The average Bonchev–Trinajstić information content (AvgIpc) is 3.11. The van der Waals surface area contributed by atoms with Gasteiger partial charge >= 0.3 is 0 Å². The van der Waals surface area contributed by atoms with Gasteiger partial charge in [0.25, 0.3) is 9.96 Å². The zero-order chi connectivity index (χ0) is 20.5. The van der Waals surface area contributed by atoms with E-state index in [2.05, 4.69) is 5.32 Å². The number of carbonyl (C=O) groups excluding carboxylic acids is 3. The average molecular weight is 450 g/mol. The number of carbonyl (C=O) groups is 3. The molecule has 29 heavy (non-hydrogen) atoms. The number of thioether (sulfide) groups is 1. The molecule has 0 saturated carbocycles. The quantitative estimate of drug-likeness (QED) is 0.463. The van der Waals surface area contributed by atoms with Crippen LogP contribution in [0, 0.1) is 0 Å². The number of amides is 2. The lowest BCUT2D eigenvalue weighted by Crippen LogP contribution is -2.68. The van der Waals surface area contributed by atoms with Gasteiger partial charge in [-0.15, -0.1) is 11.8 Å². The number of carboxylic acids is 1. The van der Waals surface area contributed by atoms with E-state index in [0.29, 0.717) is 17.2 Å². The van der Waals surface area contributed by atoms with E-state index in [0.717, 1.165) is 28.2 Å². The van der Waals surface area contributed by atoms with Crippen molar-refractivity contribution in [2.45, 2.75) is 24.4 Å². The number of pyridine rings is 1. The smallest absolute Gasteiger partial charge is 0.287 e. The zero-order valence-electron chi connectivity index (χ0n) is 14.9. The summed E-state index contributed by atoms with van der Waals surface area (Å²) in [6, 6.07) is 4.24. The topological polar surface area (TPSA) is 110 Å². The minimum atomic E-state index is -1.26. The number of aromatic carboxylic acids is 1. The second-order valence-electron chi connectivity index (χ2n) is 6.51. The van der Waals surface area contributed by atoms with E-state index in [1.807, 2.05) is 0 Å². The Morgan fingerprint density at radius 2 is 2.14 bits per heavy atom. The third-order valence-corrected chi connectivity index (χ3v) is 7.87. The summed E-state index contributed by atoms with van der Waals surface area (Å²) in [4.78, 5) is 49.4. The summed E-state index contributed by atoms with van der Waals surface area (Å²) in [5, 5.41) is 15.5. The van der Waals surface area contributed by atoms with Crippen molar-refractivity contribution in [2.24, 2.45) is 0 Å². The van der Waals surface area contributed by atoms with E-state index >= 15 is 0 Å². The van der Waals surface area contributed by atoms with Crippen molar-refractivity contribution in [3.05, 3.63) is 61.0 Å². The predicted octanol–water partition coefficient (Wildman–Crippen LogP) is -0.653. The Morgan fingerprint density at radius 3 is 2.86 bits per heavy atom. The summed E-state index contributed by atoms with van der Waals surface area (Å²) in [5.74, 6) is -1.14. The van der Waals surface area contributed by atoms with Crippen molar-refractivity contribution in [3.63, 3.8) is 0 Å². The lowest BCUT2D eigenvalue weighted by molar-refractivity contribution is -0.693. The molecule has 2 aliphatic heterocycles. The number of rotatable bonds is 6. The lowest BCUT2D eigenvalue weighted by Gasteiger charge is -2.47. The van der Waals surface area contributed by atoms with E-state index in [4.69, 9.17) is 0 Å². The molecule has 2 unspecified atom stereocenters. The minimum Gasteiger partial charge on any atom is -0.539 e. The fourth-order valence-corrected chi connectivity index (χ4v) is 6.17. The first kappa shape index (κ1) is 19.8. The second-order valence-corrected chi connectivity index (χ2v) is 9.82. The van der Waals surface area contributed by atoms with Gasteiger partial charge in [-0.05, 0) is 6.07 Å². The number of hydrogen-bond acceptors (Lipinski definition) is 8. The first-order chi connectivity index (χ1) is 13.9. The Labute approximate surface area is 177 Å². The molecule has 0 aromatic carbocycles. The SMILES string of the molecule is O=C(Cc1csc(=O)s1)NC1C(=O)N2C=C(C[n+]3ccccc3C(=O)[O-])CSC12. The number of nitrogens with one attached hydrogen (secondary N) is 1. The van der Waals surface area contributed by atoms with Crippen LogP contribution in [0.5, 0.6) is 0 Å². The Kier molecular flexibility index (Phi) is 5.52. The van der Waals surface area contributed by atoms with Gasteiger partial charge in [-0.25, -0.2) is 0 Å². The molecule has 0 spiro atoms. The summed E-state index contributed by atoms with van der Waals surface area (Å²) in [5.41, 5.74) is 0.961. The van der Waals surface area contributed by atoms with E-state index in [1.165, 1.54) is 17.8 Å². The first-order valence-electron chi connectivity index (χ1n) is 8.62. The number of fused-ring (bicyclic) bond motifs is 1. The van der Waals surface area contributed by atoms with E-state index in [-0.39, 0.29) is 33.4 Å². The van der Waals surface area contributed by atoms with Crippen LogP contribution in [-0.2, 0) is 22.6 Å². The van der Waals surface area contributed by atoms with Crippen molar-refractivity contribution in [1.29, 1.82) is 0 Å². The first-order valence-corrected chi connectivity index (χ1v) is 11.4. The van der Waals surface area contributed by atoms with Crippen LogP contribution in [0.2, 0.25) is 0 Å². The molecule has 2 amide bonds. The fraction of sp³-hybridized carbons (Fsp3) is 0.278. The molecule has 0 bridgehead atoms. The molecule has 8 nitrogen and oxygen atoms in total. The molecule has 2 aromatic heterocycles. The highest BCUT2D eigenvalue weighted by atomic mass is 32.2. The van der Waals surface area contributed by atoms with Gasteiger partial charge in [0.2, 0.25) is 11.6 Å². The molecule has 4 rings (SSSR count). The van der Waals surface area contributed by atoms with Gasteiger partial charge in [-0.1, -0.05) is 22.7 Å². The second kappa shape index (κ2) is 8.09. The number of aromatic nitrogens is 1. The number of carboxylic acid groups (broad SMARTS) is 1. The molecule has 2 atom stereocenters. The van der Waals surface area contributed by atoms with Crippen LogP contribution < -0.4 is 19.0 Å². The van der Waals surface area contributed by atoms with Crippen LogP contribution in [0.4, 0.5) is 0 Å². The van der Waals surface area contributed by atoms with Crippen LogP contribution in [0.25, 0.3) is 0 Å². The molecule has 0 aliphatic carbocycles. The molecule has 1 fully saturated rings. The highest BCUT2D eigenvalue weighted by Crippen LogP contribution is 2.36. The van der Waals surface area contributed by atoms with Crippen molar-refractivity contribution in [2.75, 3.05) is 5.75 Å². The van der Waals surface area contributed by atoms with Crippen molar-refractivity contribution >= 4 is 52.2 Å². The Balaban J connectivity index is 1.39. The van der Waals surface area contributed by atoms with Crippen LogP contribution in [0.3, 0.4) is 0 Å². The Bertz CT molecular complexity index is 1080. The van der Waals surface area contributed by atoms with Gasteiger partial charge in [0.1, 0.15) is 17.4 Å². The maximum absolute atomic E-state index is 12.5. The van der Waals surface area contributed by atoms with Crippen LogP contribution in [0.1, 0.15) is 15.4 Å². The van der Waals surface area contributed by atoms with Gasteiger partial charge in [0.15, 0.2) is 12.7 Å². The summed E-state index contributed by atoms with van der Waals surface area (Å²) in [7, 11) is 0. The van der Waals surface area contributed by atoms with E-state index < -0.39 is 12.0 Å². The number of β-lactam (4-membered cyclic amide) rings is 1. The standard InChI is InChI=1S/C18H15N3O5S3/c22-13(5-11-9-28-18(26)29-11)19-14-15(23)21-7-10(8-27-16(14)21)6-20-4-2-1-3-12(20)17(24)25/h1-4,7,9,14,16H,5-6,8H2,(H-,19,22,24,25). The number of nitrogens with zero attached hydrogens (tertiary/aromatic N) is 2. The molecular formula is C18H15N3O5S3. The summed E-state index contributed by atoms with van der Waals surface area (Å²) in [6.45, 7) is 0.335. The lowest BCUT2D eigenvalue weighted by atomic mass is 10.1. The number of hydrogen-bond donors (Lipinski definition) is 1. The Hall–Kier alpha value is -2.50. The van der Waals surface area contributed by atoms with Crippen LogP contribution in [-0.4, -0.2) is 39.9 Å². The third kappa shape index (κ3) is 4.11. The molecule has 2 aromatic rings. The van der Waals surface area contributed by atoms with Crippen molar-refractivity contribution in [3.8, 4) is 0 Å². The largest absolute Gasteiger partial charge is 0.539 e. The van der Waals surface area contributed by atoms with Gasteiger partial charge in [0, 0.05) is 39.9 Å².